The monoisotopic (exact) mass is 389 g/mol. The van der Waals surface area contributed by atoms with Crippen molar-refractivity contribution in [1.29, 1.82) is 0 Å². The van der Waals surface area contributed by atoms with Gasteiger partial charge in [0.15, 0.2) is 22.1 Å². The topological polar surface area (TPSA) is 79.3 Å². The molecule has 27 heavy (non-hydrogen) atoms. The number of hydrogen-bond acceptors (Lipinski definition) is 8. The lowest BCUT2D eigenvalue weighted by molar-refractivity contribution is 0.288. The highest BCUT2D eigenvalue weighted by Crippen LogP contribution is 2.33. The van der Waals surface area contributed by atoms with Gasteiger partial charge in [0.2, 0.25) is 5.95 Å². The molecular weight excluding hydrogens is 366 g/mol. The van der Waals surface area contributed by atoms with Gasteiger partial charge in [-0.2, -0.15) is 15.0 Å². The number of fused-ring (bicyclic) bond motifs is 1. The molecule has 0 atom stereocenters. The third kappa shape index (κ3) is 3.60. The normalized spacial score (nSPS) is 20.5. The fourth-order valence-electron chi connectivity index (χ4n) is 3.62. The number of halogens is 1. The summed E-state index contributed by atoms with van der Waals surface area (Å²) in [6.45, 7) is 6.24. The number of anilines is 2. The molecule has 5 rings (SSSR count). The van der Waals surface area contributed by atoms with Crippen LogP contribution in [0.5, 0.6) is 5.88 Å². The first kappa shape index (κ1) is 17.2. The van der Waals surface area contributed by atoms with Crippen LogP contribution in [-0.4, -0.2) is 65.8 Å². The molecule has 1 aliphatic carbocycles. The number of nitrogens with one attached hydrogen (secondary N) is 1. The number of aromatic nitrogens is 4. The molecule has 2 aromatic rings. The van der Waals surface area contributed by atoms with Crippen LogP contribution in [0.15, 0.2) is 0 Å². The zero-order chi connectivity index (χ0) is 18.2. The van der Waals surface area contributed by atoms with E-state index in [0.717, 1.165) is 63.9 Å². The molecule has 2 aromatic heterocycles. The van der Waals surface area contributed by atoms with Crippen LogP contribution >= 0.6 is 11.6 Å². The summed E-state index contributed by atoms with van der Waals surface area (Å²) >= 11 is 6.38. The second-order valence-electron chi connectivity index (χ2n) is 7.52. The van der Waals surface area contributed by atoms with Crippen LogP contribution in [0.2, 0.25) is 5.15 Å². The van der Waals surface area contributed by atoms with Gasteiger partial charge in [0.25, 0.3) is 5.88 Å². The molecule has 0 bridgehead atoms. The van der Waals surface area contributed by atoms with Gasteiger partial charge in [-0.15, -0.1) is 0 Å². The van der Waals surface area contributed by atoms with E-state index >= 15 is 0 Å². The van der Waals surface area contributed by atoms with Crippen LogP contribution in [0.4, 0.5) is 11.8 Å². The van der Waals surface area contributed by atoms with Gasteiger partial charge in [0.05, 0.1) is 6.61 Å². The van der Waals surface area contributed by atoms with E-state index in [4.69, 9.17) is 26.3 Å². The maximum absolute atomic E-state index is 6.38. The standard InChI is InChI=1S/C18H24ClN7O/c19-14-17(27-11-12-3-4-12)22-15-13(21-14)16(25-7-1-2-8-25)24-18(23-15)26-9-5-20-6-10-26/h12,20H,1-11H2. The van der Waals surface area contributed by atoms with Gasteiger partial charge in [-0.1, -0.05) is 11.6 Å². The van der Waals surface area contributed by atoms with Crippen molar-refractivity contribution in [2.24, 2.45) is 5.92 Å². The van der Waals surface area contributed by atoms with Crippen molar-refractivity contribution in [3.63, 3.8) is 0 Å². The molecule has 8 nitrogen and oxygen atoms in total. The van der Waals surface area contributed by atoms with Crippen molar-refractivity contribution in [1.82, 2.24) is 25.3 Å². The van der Waals surface area contributed by atoms with Crippen molar-refractivity contribution >= 4 is 34.5 Å². The van der Waals surface area contributed by atoms with E-state index in [0.29, 0.717) is 34.7 Å². The van der Waals surface area contributed by atoms with E-state index in [1.807, 2.05) is 0 Å². The molecule has 144 valence electrons. The Balaban J connectivity index is 1.56. The molecule has 0 radical (unpaired) electrons. The highest BCUT2D eigenvalue weighted by Gasteiger charge is 2.26. The Hall–Kier alpha value is -1.93. The minimum Gasteiger partial charge on any atom is -0.475 e. The average Bonchev–Trinajstić information content (AvgIpc) is 3.37. The fraction of sp³-hybridized carbons (Fsp3) is 0.667. The van der Waals surface area contributed by atoms with Crippen molar-refractivity contribution < 1.29 is 4.74 Å². The Morgan fingerprint density at radius 1 is 0.963 bits per heavy atom. The predicted octanol–water partition coefficient (Wildman–Crippen LogP) is 1.87. The van der Waals surface area contributed by atoms with Gasteiger partial charge in [0.1, 0.15) is 0 Å². The molecule has 4 heterocycles. The number of rotatable bonds is 5. The Morgan fingerprint density at radius 2 is 1.74 bits per heavy atom. The Labute approximate surface area is 163 Å². The van der Waals surface area contributed by atoms with Crippen LogP contribution in [0.1, 0.15) is 25.7 Å². The van der Waals surface area contributed by atoms with Crippen LogP contribution in [0.3, 0.4) is 0 Å². The largest absolute Gasteiger partial charge is 0.475 e. The zero-order valence-corrected chi connectivity index (χ0v) is 16.1. The minimum atomic E-state index is 0.294. The van der Waals surface area contributed by atoms with E-state index in [1.54, 1.807) is 0 Å². The first-order chi connectivity index (χ1) is 13.3. The highest BCUT2D eigenvalue weighted by atomic mass is 35.5. The molecule has 2 aliphatic heterocycles. The van der Waals surface area contributed by atoms with Gasteiger partial charge in [-0.05, 0) is 31.6 Å². The lowest BCUT2D eigenvalue weighted by Crippen LogP contribution is -2.44. The van der Waals surface area contributed by atoms with Gasteiger partial charge < -0.3 is 19.9 Å². The minimum absolute atomic E-state index is 0.294. The Morgan fingerprint density at radius 3 is 2.48 bits per heavy atom. The van der Waals surface area contributed by atoms with E-state index in [-0.39, 0.29) is 0 Å². The smallest absolute Gasteiger partial charge is 0.254 e. The molecule has 0 aromatic carbocycles. The summed E-state index contributed by atoms with van der Waals surface area (Å²) in [5.74, 6) is 2.57. The third-order valence-electron chi connectivity index (χ3n) is 5.39. The summed E-state index contributed by atoms with van der Waals surface area (Å²) in [7, 11) is 0. The molecule has 9 heteroatoms. The number of piperazine rings is 1. The van der Waals surface area contributed by atoms with Gasteiger partial charge in [-0.25, -0.2) is 4.98 Å². The zero-order valence-electron chi connectivity index (χ0n) is 15.3. The number of ether oxygens (including phenoxy) is 1. The van der Waals surface area contributed by atoms with Crippen molar-refractivity contribution in [3.8, 4) is 5.88 Å². The number of hydrogen-bond donors (Lipinski definition) is 1. The second-order valence-corrected chi connectivity index (χ2v) is 7.88. The first-order valence-corrected chi connectivity index (χ1v) is 10.2. The van der Waals surface area contributed by atoms with E-state index in [1.165, 1.54) is 12.8 Å². The highest BCUT2D eigenvalue weighted by molar-refractivity contribution is 6.31. The SMILES string of the molecule is Clc1nc2c(N3CCCC3)nc(N3CCNCC3)nc2nc1OCC1CC1. The predicted molar refractivity (Wildman–Crippen MR) is 105 cm³/mol. The maximum atomic E-state index is 6.38. The molecule has 1 N–H and O–H groups in total. The quantitative estimate of drug-likeness (QED) is 0.830. The molecule has 2 saturated heterocycles. The first-order valence-electron chi connectivity index (χ1n) is 9.86. The lowest BCUT2D eigenvalue weighted by atomic mass is 10.3. The van der Waals surface area contributed by atoms with E-state index in [2.05, 4.69) is 25.1 Å². The summed E-state index contributed by atoms with van der Waals surface area (Å²) in [6, 6.07) is 0. The Kier molecular flexibility index (Phi) is 4.61. The third-order valence-corrected chi connectivity index (χ3v) is 5.63. The van der Waals surface area contributed by atoms with Gasteiger partial charge >= 0.3 is 0 Å². The summed E-state index contributed by atoms with van der Waals surface area (Å²) in [6.07, 6.45) is 4.76. The van der Waals surface area contributed by atoms with Crippen LogP contribution in [0.25, 0.3) is 11.2 Å². The average molecular weight is 390 g/mol. The fourth-order valence-corrected chi connectivity index (χ4v) is 3.80. The van der Waals surface area contributed by atoms with E-state index < -0.39 is 0 Å². The molecule has 3 fully saturated rings. The van der Waals surface area contributed by atoms with Crippen molar-refractivity contribution in [3.05, 3.63) is 5.15 Å². The molecule has 0 amide bonds. The van der Waals surface area contributed by atoms with Crippen molar-refractivity contribution in [2.45, 2.75) is 25.7 Å². The molecule has 3 aliphatic rings. The molecule has 1 saturated carbocycles. The van der Waals surface area contributed by atoms with Gasteiger partial charge in [0, 0.05) is 39.3 Å². The van der Waals surface area contributed by atoms with Crippen LogP contribution in [-0.2, 0) is 0 Å². The summed E-state index contributed by atoms with van der Waals surface area (Å²) in [5.41, 5.74) is 1.23. The lowest BCUT2D eigenvalue weighted by Gasteiger charge is -2.28. The second kappa shape index (κ2) is 7.24. The van der Waals surface area contributed by atoms with Gasteiger partial charge in [-0.3, -0.25) is 0 Å². The molecule has 0 spiro atoms. The summed E-state index contributed by atoms with van der Waals surface area (Å²) in [5, 5.41) is 3.66. The molecule has 0 unspecified atom stereocenters. The number of nitrogens with zero attached hydrogens (tertiary/aromatic N) is 6. The van der Waals surface area contributed by atoms with E-state index in [9.17, 15) is 0 Å². The maximum Gasteiger partial charge on any atom is 0.254 e. The van der Waals surface area contributed by atoms with Crippen molar-refractivity contribution in [2.75, 3.05) is 55.7 Å². The van der Waals surface area contributed by atoms with Crippen LogP contribution < -0.4 is 19.9 Å². The van der Waals surface area contributed by atoms with Crippen LogP contribution in [0, 0.1) is 5.92 Å². The molecular formula is C18H24ClN7O. The summed E-state index contributed by atoms with van der Waals surface area (Å²) in [4.78, 5) is 23.3. The Bertz CT molecular complexity index is 832. The summed E-state index contributed by atoms with van der Waals surface area (Å²) < 4.78 is 5.82.